The normalized spacial score (nSPS) is 21.4. The standard InChI is InChI=1S/C17H18ClN3/c1-2-17(13-8-10-14(18)11-9-13)12-20-16(19)21(17)15-6-4-3-5-7-15/h3-11H,2,12H2,1H3,(H2,19,20). The molecule has 0 aromatic heterocycles. The van der Waals surface area contributed by atoms with Crippen LogP contribution in [0.3, 0.4) is 0 Å². The molecule has 1 heterocycles. The summed E-state index contributed by atoms with van der Waals surface area (Å²) in [6.07, 6.45) is 0.910. The van der Waals surface area contributed by atoms with Gasteiger partial charge in [-0.15, -0.1) is 0 Å². The van der Waals surface area contributed by atoms with Gasteiger partial charge in [0, 0.05) is 10.7 Å². The van der Waals surface area contributed by atoms with Crippen molar-refractivity contribution in [2.75, 3.05) is 11.4 Å². The smallest absolute Gasteiger partial charge is 0.196 e. The Labute approximate surface area is 130 Å². The van der Waals surface area contributed by atoms with E-state index in [0.29, 0.717) is 12.5 Å². The Morgan fingerprint density at radius 3 is 2.43 bits per heavy atom. The highest BCUT2D eigenvalue weighted by atomic mass is 35.5. The van der Waals surface area contributed by atoms with Crippen LogP contribution in [-0.4, -0.2) is 12.5 Å². The highest BCUT2D eigenvalue weighted by Crippen LogP contribution is 2.39. The molecule has 108 valence electrons. The Kier molecular flexibility index (Phi) is 3.60. The van der Waals surface area contributed by atoms with E-state index in [9.17, 15) is 0 Å². The van der Waals surface area contributed by atoms with Crippen molar-refractivity contribution in [1.82, 2.24) is 0 Å². The minimum Gasteiger partial charge on any atom is -0.369 e. The van der Waals surface area contributed by atoms with Crippen molar-refractivity contribution in [3.63, 3.8) is 0 Å². The maximum atomic E-state index is 6.18. The van der Waals surface area contributed by atoms with Crippen molar-refractivity contribution < 1.29 is 0 Å². The minimum absolute atomic E-state index is 0.240. The lowest BCUT2D eigenvalue weighted by Crippen LogP contribution is -2.49. The first-order valence-electron chi connectivity index (χ1n) is 7.08. The maximum Gasteiger partial charge on any atom is 0.196 e. The van der Waals surface area contributed by atoms with Crippen LogP contribution in [0.4, 0.5) is 5.69 Å². The molecule has 0 saturated heterocycles. The van der Waals surface area contributed by atoms with Crippen LogP contribution in [0.15, 0.2) is 59.6 Å². The Balaban J connectivity index is 2.11. The Hall–Kier alpha value is -2.00. The van der Waals surface area contributed by atoms with Crippen LogP contribution < -0.4 is 10.6 Å². The molecule has 2 aromatic rings. The first kappa shape index (κ1) is 14.0. The second-order valence-corrected chi connectivity index (χ2v) is 5.67. The average Bonchev–Trinajstić information content (AvgIpc) is 2.87. The van der Waals surface area contributed by atoms with E-state index in [4.69, 9.17) is 17.3 Å². The Morgan fingerprint density at radius 2 is 1.81 bits per heavy atom. The van der Waals surface area contributed by atoms with Crippen molar-refractivity contribution in [2.24, 2.45) is 10.7 Å². The molecule has 0 amide bonds. The summed E-state index contributed by atoms with van der Waals surface area (Å²) in [5.41, 5.74) is 8.19. The van der Waals surface area contributed by atoms with Gasteiger partial charge in [0.15, 0.2) is 5.96 Å². The molecule has 0 spiro atoms. The third-order valence-electron chi connectivity index (χ3n) is 4.14. The monoisotopic (exact) mass is 299 g/mol. The minimum atomic E-state index is -0.240. The molecule has 21 heavy (non-hydrogen) atoms. The van der Waals surface area contributed by atoms with Gasteiger partial charge >= 0.3 is 0 Å². The third-order valence-corrected chi connectivity index (χ3v) is 4.39. The van der Waals surface area contributed by atoms with Gasteiger partial charge < -0.3 is 10.6 Å². The fraction of sp³-hybridized carbons (Fsp3) is 0.235. The fourth-order valence-electron chi connectivity index (χ4n) is 2.98. The largest absolute Gasteiger partial charge is 0.369 e. The lowest BCUT2D eigenvalue weighted by atomic mass is 9.86. The van der Waals surface area contributed by atoms with Crippen molar-refractivity contribution in [3.05, 3.63) is 65.2 Å². The van der Waals surface area contributed by atoms with E-state index in [1.54, 1.807) is 0 Å². The van der Waals surface area contributed by atoms with Crippen molar-refractivity contribution >= 4 is 23.2 Å². The number of anilines is 1. The number of halogens is 1. The quantitative estimate of drug-likeness (QED) is 0.937. The second kappa shape index (κ2) is 5.41. The predicted octanol–water partition coefficient (Wildman–Crippen LogP) is 3.78. The van der Waals surface area contributed by atoms with E-state index in [1.165, 1.54) is 5.56 Å². The molecule has 4 heteroatoms. The molecule has 0 aliphatic carbocycles. The van der Waals surface area contributed by atoms with Crippen LogP contribution in [0.5, 0.6) is 0 Å². The number of nitrogens with zero attached hydrogens (tertiary/aromatic N) is 2. The zero-order chi connectivity index (χ0) is 14.9. The van der Waals surface area contributed by atoms with E-state index in [-0.39, 0.29) is 5.54 Å². The summed E-state index contributed by atoms with van der Waals surface area (Å²) in [5.74, 6) is 0.568. The fourth-order valence-corrected chi connectivity index (χ4v) is 3.11. The van der Waals surface area contributed by atoms with Crippen molar-refractivity contribution in [2.45, 2.75) is 18.9 Å². The Bertz CT molecular complexity index is 651. The number of para-hydroxylation sites is 1. The van der Waals surface area contributed by atoms with E-state index in [1.807, 2.05) is 30.3 Å². The van der Waals surface area contributed by atoms with Crippen molar-refractivity contribution in [3.8, 4) is 0 Å². The third kappa shape index (κ3) is 2.28. The molecule has 1 unspecified atom stereocenters. The number of guanidine groups is 1. The van der Waals surface area contributed by atoms with Crippen LogP contribution in [-0.2, 0) is 5.54 Å². The number of aliphatic imine (C=N–C) groups is 1. The molecule has 2 aromatic carbocycles. The molecule has 0 fully saturated rings. The van der Waals surface area contributed by atoms with Gasteiger partial charge in [0.2, 0.25) is 0 Å². The molecule has 3 rings (SSSR count). The van der Waals surface area contributed by atoms with Crippen LogP contribution in [0, 0.1) is 0 Å². The first-order chi connectivity index (χ1) is 10.2. The summed E-state index contributed by atoms with van der Waals surface area (Å²) < 4.78 is 0. The molecule has 0 radical (unpaired) electrons. The van der Waals surface area contributed by atoms with E-state index >= 15 is 0 Å². The van der Waals surface area contributed by atoms with Crippen LogP contribution in [0.2, 0.25) is 5.02 Å². The SMILES string of the molecule is CCC1(c2ccc(Cl)cc2)CN=C(N)N1c1ccccc1. The summed E-state index contributed by atoms with van der Waals surface area (Å²) in [6, 6.07) is 18.1. The summed E-state index contributed by atoms with van der Waals surface area (Å²) in [6.45, 7) is 2.82. The van der Waals surface area contributed by atoms with E-state index in [0.717, 1.165) is 17.1 Å². The molecular formula is C17H18ClN3. The van der Waals surface area contributed by atoms with E-state index in [2.05, 4.69) is 41.1 Å². The van der Waals surface area contributed by atoms with Gasteiger partial charge in [-0.1, -0.05) is 48.9 Å². The van der Waals surface area contributed by atoms with Gasteiger partial charge in [0.25, 0.3) is 0 Å². The van der Waals surface area contributed by atoms with Gasteiger partial charge in [0.1, 0.15) is 0 Å². The Morgan fingerprint density at radius 1 is 1.14 bits per heavy atom. The van der Waals surface area contributed by atoms with Crippen LogP contribution in [0.25, 0.3) is 0 Å². The molecule has 1 atom stereocenters. The van der Waals surface area contributed by atoms with Gasteiger partial charge in [0.05, 0.1) is 12.1 Å². The second-order valence-electron chi connectivity index (χ2n) is 5.24. The molecule has 2 N–H and O–H groups in total. The number of hydrogen-bond donors (Lipinski definition) is 1. The van der Waals surface area contributed by atoms with Crippen molar-refractivity contribution in [1.29, 1.82) is 0 Å². The molecule has 0 saturated carbocycles. The number of hydrogen-bond acceptors (Lipinski definition) is 3. The molecule has 0 bridgehead atoms. The highest BCUT2D eigenvalue weighted by Gasteiger charge is 2.43. The van der Waals surface area contributed by atoms with Gasteiger partial charge in [-0.25, -0.2) is 0 Å². The topological polar surface area (TPSA) is 41.6 Å². The lowest BCUT2D eigenvalue weighted by Gasteiger charge is -2.39. The van der Waals surface area contributed by atoms with Crippen LogP contribution >= 0.6 is 11.6 Å². The zero-order valence-electron chi connectivity index (χ0n) is 12.0. The molecule has 1 aliphatic rings. The van der Waals surface area contributed by atoms with Gasteiger partial charge in [-0.05, 0) is 36.2 Å². The van der Waals surface area contributed by atoms with E-state index < -0.39 is 0 Å². The summed E-state index contributed by atoms with van der Waals surface area (Å²) >= 11 is 6.02. The molecule has 3 nitrogen and oxygen atoms in total. The van der Waals surface area contributed by atoms with Crippen LogP contribution in [0.1, 0.15) is 18.9 Å². The number of benzene rings is 2. The average molecular weight is 300 g/mol. The summed E-state index contributed by atoms with van der Waals surface area (Å²) in [4.78, 5) is 6.64. The summed E-state index contributed by atoms with van der Waals surface area (Å²) in [7, 11) is 0. The van der Waals surface area contributed by atoms with Gasteiger partial charge in [-0.3, -0.25) is 4.99 Å². The number of rotatable bonds is 3. The first-order valence-corrected chi connectivity index (χ1v) is 7.46. The maximum absolute atomic E-state index is 6.18. The highest BCUT2D eigenvalue weighted by molar-refractivity contribution is 6.30. The summed E-state index contributed by atoms with van der Waals surface area (Å²) in [5, 5.41) is 0.739. The predicted molar refractivity (Wildman–Crippen MR) is 88.8 cm³/mol. The number of nitrogens with two attached hydrogens (primary N) is 1. The molecular weight excluding hydrogens is 282 g/mol. The van der Waals surface area contributed by atoms with Gasteiger partial charge in [-0.2, -0.15) is 0 Å². The lowest BCUT2D eigenvalue weighted by molar-refractivity contribution is 0.462. The molecule has 1 aliphatic heterocycles. The zero-order valence-corrected chi connectivity index (χ0v) is 12.7.